The molecule has 1 N–H and O–H groups in total. The van der Waals surface area contributed by atoms with Gasteiger partial charge in [0.25, 0.3) is 5.91 Å². The molecule has 0 unspecified atom stereocenters. The van der Waals surface area contributed by atoms with Crippen LogP contribution in [0.15, 0.2) is 43.0 Å². The van der Waals surface area contributed by atoms with Gasteiger partial charge in [0.2, 0.25) is 0 Å². The van der Waals surface area contributed by atoms with Crippen LogP contribution >= 0.6 is 0 Å². The van der Waals surface area contributed by atoms with Gasteiger partial charge in [0.15, 0.2) is 11.5 Å². The second kappa shape index (κ2) is 7.83. The standard InChI is InChI=1S/C18H19F3N6O/c1-12(2)27-16(18(19,20)21)14(11-23-27)17(28)24-15-6-10-26(25-15)9-5-13-3-7-22-8-4-13/h3-4,6-8,10-12H,5,9H2,1-2H3,(H,24,25,28). The summed E-state index contributed by atoms with van der Waals surface area (Å²) in [5.41, 5.74) is -0.531. The highest BCUT2D eigenvalue weighted by atomic mass is 19.4. The molecule has 7 nitrogen and oxygen atoms in total. The SMILES string of the molecule is CC(C)n1ncc(C(=O)Nc2ccn(CCc3ccncc3)n2)c1C(F)(F)F. The van der Waals surface area contributed by atoms with Gasteiger partial charge in [-0.3, -0.25) is 19.1 Å². The van der Waals surface area contributed by atoms with Crippen molar-refractivity contribution in [3.63, 3.8) is 0 Å². The summed E-state index contributed by atoms with van der Waals surface area (Å²) in [6.07, 6.45) is 1.98. The van der Waals surface area contributed by atoms with Gasteiger partial charge in [-0.2, -0.15) is 23.4 Å². The molecule has 3 rings (SSSR count). The molecule has 0 saturated carbocycles. The number of rotatable bonds is 6. The molecule has 10 heteroatoms. The molecule has 0 aliphatic carbocycles. The number of aromatic nitrogens is 5. The smallest absolute Gasteiger partial charge is 0.305 e. The Morgan fingerprint density at radius 2 is 1.93 bits per heavy atom. The van der Waals surface area contributed by atoms with Crippen molar-refractivity contribution in [1.29, 1.82) is 0 Å². The van der Waals surface area contributed by atoms with E-state index in [1.165, 1.54) is 6.07 Å². The van der Waals surface area contributed by atoms with E-state index in [1.807, 2.05) is 12.1 Å². The van der Waals surface area contributed by atoms with Crippen LogP contribution < -0.4 is 5.32 Å². The summed E-state index contributed by atoms with van der Waals surface area (Å²) >= 11 is 0. The van der Waals surface area contributed by atoms with Crippen molar-refractivity contribution >= 4 is 11.7 Å². The Balaban J connectivity index is 1.71. The van der Waals surface area contributed by atoms with E-state index >= 15 is 0 Å². The third-order valence-corrected chi connectivity index (χ3v) is 4.06. The van der Waals surface area contributed by atoms with E-state index in [0.717, 1.165) is 16.4 Å². The monoisotopic (exact) mass is 392 g/mol. The van der Waals surface area contributed by atoms with Gasteiger partial charge in [-0.15, -0.1) is 0 Å². The number of halogens is 3. The van der Waals surface area contributed by atoms with Gasteiger partial charge in [-0.25, -0.2) is 0 Å². The van der Waals surface area contributed by atoms with Crippen LogP contribution in [0.25, 0.3) is 0 Å². The maximum Gasteiger partial charge on any atom is 0.433 e. The van der Waals surface area contributed by atoms with E-state index in [9.17, 15) is 18.0 Å². The fraction of sp³-hybridized carbons (Fsp3) is 0.333. The summed E-state index contributed by atoms with van der Waals surface area (Å²) in [4.78, 5) is 16.3. The number of carbonyl (C=O) groups excluding carboxylic acids is 1. The summed E-state index contributed by atoms with van der Waals surface area (Å²) in [6.45, 7) is 3.68. The van der Waals surface area contributed by atoms with Gasteiger partial charge in [0, 0.05) is 37.2 Å². The third-order valence-electron chi connectivity index (χ3n) is 4.06. The summed E-state index contributed by atoms with van der Waals surface area (Å²) < 4.78 is 42.6. The molecule has 3 aromatic heterocycles. The van der Waals surface area contributed by atoms with E-state index < -0.39 is 29.4 Å². The lowest BCUT2D eigenvalue weighted by molar-refractivity contribution is -0.145. The molecule has 0 fully saturated rings. The Labute approximate surface area is 159 Å². The topological polar surface area (TPSA) is 77.6 Å². The minimum atomic E-state index is -4.70. The van der Waals surface area contributed by atoms with Crippen LogP contribution in [0.3, 0.4) is 0 Å². The fourth-order valence-electron chi connectivity index (χ4n) is 2.73. The van der Waals surface area contributed by atoms with E-state index in [1.54, 1.807) is 37.1 Å². The average molecular weight is 392 g/mol. The minimum absolute atomic E-state index is 0.171. The Kier molecular flexibility index (Phi) is 5.48. The fourth-order valence-corrected chi connectivity index (χ4v) is 2.73. The van der Waals surface area contributed by atoms with Crippen molar-refractivity contribution in [3.05, 3.63) is 59.8 Å². The summed E-state index contributed by atoms with van der Waals surface area (Å²) in [6, 6.07) is 4.77. The summed E-state index contributed by atoms with van der Waals surface area (Å²) in [5, 5.41) is 10.3. The van der Waals surface area contributed by atoms with Crippen molar-refractivity contribution in [2.45, 2.75) is 39.0 Å². The molecule has 148 valence electrons. The molecule has 1 amide bonds. The quantitative estimate of drug-likeness (QED) is 0.696. The number of pyridine rings is 1. The summed E-state index contributed by atoms with van der Waals surface area (Å²) in [7, 11) is 0. The molecular weight excluding hydrogens is 373 g/mol. The number of carbonyl (C=O) groups is 1. The molecule has 0 bridgehead atoms. The first-order valence-corrected chi connectivity index (χ1v) is 8.64. The highest BCUT2D eigenvalue weighted by molar-refractivity contribution is 6.04. The second-order valence-corrected chi connectivity index (χ2v) is 6.47. The summed E-state index contributed by atoms with van der Waals surface area (Å²) in [5.74, 6) is -0.733. The van der Waals surface area contributed by atoms with Crippen LogP contribution in [0.2, 0.25) is 0 Å². The molecule has 0 aliphatic rings. The minimum Gasteiger partial charge on any atom is -0.305 e. The number of nitrogens with one attached hydrogen (secondary N) is 1. The predicted molar refractivity (Wildman–Crippen MR) is 95.7 cm³/mol. The number of hydrogen-bond donors (Lipinski definition) is 1. The third kappa shape index (κ3) is 4.38. The van der Waals surface area contributed by atoms with Crippen LogP contribution in [0.1, 0.15) is 41.5 Å². The lowest BCUT2D eigenvalue weighted by atomic mass is 10.2. The van der Waals surface area contributed by atoms with Crippen molar-refractivity contribution in [1.82, 2.24) is 24.5 Å². The highest BCUT2D eigenvalue weighted by Gasteiger charge is 2.40. The maximum absolute atomic E-state index is 13.4. The molecular formula is C18H19F3N6O. The van der Waals surface area contributed by atoms with Crippen LogP contribution in [-0.4, -0.2) is 30.5 Å². The molecule has 0 spiro atoms. The first-order valence-electron chi connectivity index (χ1n) is 8.64. The van der Waals surface area contributed by atoms with Crippen molar-refractivity contribution in [3.8, 4) is 0 Å². The molecule has 0 aliphatic heterocycles. The van der Waals surface area contributed by atoms with Gasteiger partial charge >= 0.3 is 6.18 Å². The first-order chi connectivity index (χ1) is 13.3. The Hall–Kier alpha value is -3.17. The maximum atomic E-state index is 13.4. The lowest BCUT2D eigenvalue weighted by Crippen LogP contribution is -2.22. The molecule has 28 heavy (non-hydrogen) atoms. The number of alkyl halides is 3. The van der Waals surface area contributed by atoms with Crippen LogP contribution in [0.4, 0.5) is 19.0 Å². The zero-order valence-corrected chi connectivity index (χ0v) is 15.3. The van der Waals surface area contributed by atoms with Crippen LogP contribution in [0, 0.1) is 0 Å². The highest BCUT2D eigenvalue weighted by Crippen LogP contribution is 2.33. The predicted octanol–water partition coefficient (Wildman–Crippen LogP) is 3.57. The number of aryl methyl sites for hydroxylation is 2. The molecule has 0 aromatic carbocycles. The van der Waals surface area contributed by atoms with E-state index in [4.69, 9.17) is 0 Å². The zero-order chi connectivity index (χ0) is 20.3. The number of amides is 1. The van der Waals surface area contributed by atoms with E-state index in [2.05, 4.69) is 20.5 Å². The molecule has 0 radical (unpaired) electrons. The largest absolute Gasteiger partial charge is 0.433 e. The first kappa shape index (κ1) is 19.6. The van der Waals surface area contributed by atoms with Gasteiger partial charge < -0.3 is 5.32 Å². The molecule has 3 heterocycles. The normalized spacial score (nSPS) is 11.8. The number of nitrogens with zero attached hydrogens (tertiary/aromatic N) is 5. The van der Waals surface area contributed by atoms with Crippen molar-refractivity contribution in [2.75, 3.05) is 5.32 Å². The average Bonchev–Trinajstić information content (AvgIpc) is 3.27. The van der Waals surface area contributed by atoms with Gasteiger partial charge in [-0.1, -0.05) is 0 Å². The van der Waals surface area contributed by atoms with Crippen LogP contribution in [-0.2, 0) is 19.1 Å². The Morgan fingerprint density at radius 1 is 1.21 bits per heavy atom. The second-order valence-electron chi connectivity index (χ2n) is 6.47. The Morgan fingerprint density at radius 3 is 2.57 bits per heavy atom. The van der Waals surface area contributed by atoms with E-state index in [0.29, 0.717) is 13.0 Å². The van der Waals surface area contributed by atoms with Crippen molar-refractivity contribution < 1.29 is 18.0 Å². The van der Waals surface area contributed by atoms with Crippen LogP contribution in [0.5, 0.6) is 0 Å². The van der Waals surface area contributed by atoms with Gasteiger partial charge in [0.1, 0.15) is 0 Å². The number of hydrogen-bond acceptors (Lipinski definition) is 4. The molecule has 0 saturated heterocycles. The van der Waals surface area contributed by atoms with Gasteiger partial charge in [0.05, 0.1) is 11.8 Å². The van der Waals surface area contributed by atoms with Crippen molar-refractivity contribution in [2.24, 2.45) is 0 Å². The lowest BCUT2D eigenvalue weighted by Gasteiger charge is -2.14. The number of anilines is 1. The molecule has 0 atom stereocenters. The Bertz CT molecular complexity index is 946. The zero-order valence-electron chi connectivity index (χ0n) is 15.3. The van der Waals surface area contributed by atoms with Gasteiger partial charge in [-0.05, 0) is 38.0 Å². The molecule has 3 aromatic rings. The van der Waals surface area contributed by atoms with E-state index in [-0.39, 0.29) is 5.82 Å².